The molecule has 0 aliphatic rings. The summed E-state index contributed by atoms with van der Waals surface area (Å²) in [5.41, 5.74) is 1.31. The first kappa shape index (κ1) is 25.6. The summed E-state index contributed by atoms with van der Waals surface area (Å²) in [6, 6.07) is 18.8. The highest BCUT2D eigenvalue weighted by molar-refractivity contribution is 7.92. The number of hydrogen-bond donors (Lipinski definition) is 1. The van der Waals surface area contributed by atoms with E-state index in [2.05, 4.69) is 10.1 Å². The quantitative estimate of drug-likeness (QED) is 0.424. The molecule has 184 valence electrons. The number of nitrogens with zero attached hydrogens (tertiary/aromatic N) is 1. The van der Waals surface area contributed by atoms with Crippen molar-refractivity contribution in [3.05, 3.63) is 78.4 Å². The van der Waals surface area contributed by atoms with Gasteiger partial charge >= 0.3 is 5.97 Å². The maximum Gasteiger partial charge on any atom is 0.337 e. The lowest BCUT2D eigenvalue weighted by molar-refractivity contribution is -0.118. The number of rotatable bonds is 10. The molecular formula is C25H26N2O7S. The second-order valence-electron chi connectivity index (χ2n) is 7.28. The minimum atomic E-state index is -3.76. The first-order chi connectivity index (χ1) is 16.7. The molecule has 35 heavy (non-hydrogen) atoms. The summed E-state index contributed by atoms with van der Waals surface area (Å²) in [5.74, 6) is 0.136. The summed E-state index contributed by atoms with van der Waals surface area (Å²) < 4.78 is 42.5. The first-order valence-corrected chi connectivity index (χ1v) is 12.1. The Hall–Kier alpha value is -4.05. The normalized spacial score (nSPS) is 10.8. The van der Waals surface area contributed by atoms with Crippen LogP contribution >= 0.6 is 0 Å². The van der Waals surface area contributed by atoms with Crippen molar-refractivity contribution in [2.45, 2.75) is 11.8 Å². The number of benzene rings is 3. The number of nitrogens with one attached hydrogen (secondary N) is 1. The zero-order valence-corrected chi connectivity index (χ0v) is 20.4. The molecule has 1 N–H and O–H groups in total. The number of sulfonamides is 1. The Balaban J connectivity index is 1.57. The lowest BCUT2D eigenvalue weighted by Gasteiger charge is -2.20. The maximum atomic E-state index is 12.9. The van der Waals surface area contributed by atoms with Gasteiger partial charge in [-0.15, -0.1) is 0 Å². The van der Waals surface area contributed by atoms with Crippen LogP contribution in [0.3, 0.4) is 0 Å². The van der Waals surface area contributed by atoms with Gasteiger partial charge in [0.2, 0.25) is 0 Å². The molecule has 10 heteroatoms. The van der Waals surface area contributed by atoms with Gasteiger partial charge in [0.15, 0.2) is 6.61 Å². The van der Waals surface area contributed by atoms with E-state index in [0.717, 1.165) is 4.31 Å². The Labute approximate surface area is 204 Å². The number of amides is 1. The van der Waals surface area contributed by atoms with Gasteiger partial charge in [0.05, 0.1) is 29.9 Å². The molecule has 0 atom stereocenters. The van der Waals surface area contributed by atoms with Crippen molar-refractivity contribution in [2.75, 3.05) is 37.0 Å². The molecule has 0 unspecified atom stereocenters. The highest BCUT2D eigenvalue weighted by atomic mass is 32.2. The monoisotopic (exact) mass is 498 g/mol. The van der Waals surface area contributed by atoms with E-state index < -0.39 is 21.9 Å². The SMILES string of the molecule is CCOc1ccc(S(=O)(=O)N(C)c2ccc(OCC(=O)Nc3ccc(C(=O)OC)cc3)cc2)cc1. The Morgan fingerprint density at radius 3 is 2.00 bits per heavy atom. The predicted molar refractivity (Wildman–Crippen MR) is 132 cm³/mol. The Morgan fingerprint density at radius 1 is 0.857 bits per heavy atom. The lowest BCUT2D eigenvalue weighted by Crippen LogP contribution is -2.26. The van der Waals surface area contributed by atoms with Gasteiger partial charge in [-0.2, -0.15) is 0 Å². The van der Waals surface area contributed by atoms with Gasteiger partial charge in [-0.25, -0.2) is 13.2 Å². The van der Waals surface area contributed by atoms with E-state index in [1.165, 1.54) is 26.3 Å². The predicted octanol–water partition coefficient (Wildman–Crippen LogP) is 3.71. The fourth-order valence-electron chi connectivity index (χ4n) is 3.08. The van der Waals surface area contributed by atoms with E-state index in [1.54, 1.807) is 60.7 Å². The van der Waals surface area contributed by atoms with Gasteiger partial charge in [0.25, 0.3) is 15.9 Å². The molecular weight excluding hydrogens is 472 g/mol. The molecule has 0 bridgehead atoms. The second-order valence-corrected chi connectivity index (χ2v) is 9.25. The standard InChI is InChI=1S/C25H26N2O7S/c1-4-33-21-13-15-23(16-14-21)35(30,31)27(2)20-9-11-22(12-10-20)34-17-24(28)26-19-7-5-18(6-8-19)25(29)32-3/h5-16H,4,17H2,1-3H3,(H,26,28). The fourth-order valence-corrected chi connectivity index (χ4v) is 4.27. The molecule has 0 aliphatic carbocycles. The van der Waals surface area contributed by atoms with E-state index >= 15 is 0 Å². The number of ether oxygens (including phenoxy) is 3. The molecule has 0 fully saturated rings. The van der Waals surface area contributed by atoms with E-state index in [0.29, 0.717) is 35.0 Å². The summed E-state index contributed by atoms with van der Waals surface area (Å²) in [4.78, 5) is 23.8. The van der Waals surface area contributed by atoms with Crippen molar-refractivity contribution < 1.29 is 32.2 Å². The van der Waals surface area contributed by atoms with Crippen LogP contribution in [-0.4, -0.2) is 47.7 Å². The molecule has 3 rings (SSSR count). The van der Waals surface area contributed by atoms with Crippen LogP contribution in [0.2, 0.25) is 0 Å². The summed E-state index contributed by atoms with van der Waals surface area (Å²) in [6.45, 7) is 2.09. The van der Waals surface area contributed by atoms with Crippen LogP contribution < -0.4 is 19.1 Å². The van der Waals surface area contributed by atoms with E-state index in [-0.39, 0.29) is 11.5 Å². The number of carbonyl (C=O) groups excluding carboxylic acids is 2. The van der Waals surface area contributed by atoms with Crippen LogP contribution in [-0.2, 0) is 19.6 Å². The van der Waals surface area contributed by atoms with Gasteiger partial charge in [-0.05, 0) is 79.7 Å². The second kappa shape index (κ2) is 11.4. The van der Waals surface area contributed by atoms with Crippen molar-refractivity contribution in [1.82, 2.24) is 0 Å². The molecule has 0 spiro atoms. The topological polar surface area (TPSA) is 111 Å². The van der Waals surface area contributed by atoms with Crippen molar-refractivity contribution in [3.63, 3.8) is 0 Å². The molecule has 0 aromatic heterocycles. The summed E-state index contributed by atoms with van der Waals surface area (Å²) >= 11 is 0. The van der Waals surface area contributed by atoms with Crippen LogP contribution in [0.25, 0.3) is 0 Å². The first-order valence-electron chi connectivity index (χ1n) is 10.7. The van der Waals surface area contributed by atoms with E-state index in [1.807, 2.05) is 6.92 Å². The summed E-state index contributed by atoms with van der Waals surface area (Å²) in [6.07, 6.45) is 0. The van der Waals surface area contributed by atoms with Gasteiger partial charge in [0, 0.05) is 12.7 Å². The molecule has 9 nitrogen and oxygen atoms in total. The Bertz CT molecular complexity index is 1260. The molecule has 0 saturated heterocycles. The minimum absolute atomic E-state index is 0.139. The van der Waals surface area contributed by atoms with Gasteiger partial charge in [0.1, 0.15) is 11.5 Å². The van der Waals surface area contributed by atoms with Crippen molar-refractivity contribution in [2.24, 2.45) is 0 Å². The number of carbonyl (C=O) groups is 2. The average molecular weight is 499 g/mol. The van der Waals surface area contributed by atoms with Crippen LogP contribution in [0.15, 0.2) is 77.7 Å². The van der Waals surface area contributed by atoms with Crippen LogP contribution in [0.5, 0.6) is 11.5 Å². The van der Waals surface area contributed by atoms with Gasteiger partial charge in [-0.1, -0.05) is 0 Å². The van der Waals surface area contributed by atoms with Crippen LogP contribution in [0.4, 0.5) is 11.4 Å². The van der Waals surface area contributed by atoms with Crippen molar-refractivity contribution in [3.8, 4) is 11.5 Å². The minimum Gasteiger partial charge on any atom is -0.494 e. The van der Waals surface area contributed by atoms with E-state index in [4.69, 9.17) is 9.47 Å². The molecule has 0 aliphatic heterocycles. The molecule has 3 aromatic rings. The number of hydrogen-bond acceptors (Lipinski definition) is 7. The third-order valence-corrected chi connectivity index (χ3v) is 6.75. The fraction of sp³-hybridized carbons (Fsp3) is 0.200. The average Bonchev–Trinajstić information content (AvgIpc) is 2.88. The third-order valence-electron chi connectivity index (χ3n) is 4.95. The maximum absolute atomic E-state index is 12.9. The molecule has 0 radical (unpaired) electrons. The Morgan fingerprint density at radius 2 is 1.43 bits per heavy atom. The van der Waals surface area contributed by atoms with Gasteiger partial charge in [-0.3, -0.25) is 9.10 Å². The molecule has 1 amide bonds. The van der Waals surface area contributed by atoms with E-state index in [9.17, 15) is 18.0 Å². The number of methoxy groups -OCH3 is 1. The molecule has 3 aromatic carbocycles. The zero-order chi connectivity index (χ0) is 25.4. The van der Waals surface area contributed by atoms with Crippen LogP contribution in [0, 0.1) is 0 Å². The number of anilines is 2. The smallest absolute Gasteiger partial charge is 0.337 e. The third kappa shape index (κ3) is 6.51. The molecule has 0 saturated carbocycles. The highest BCUT2D eigenvalue weighted by Gasteiger charge is 2.21. The van der Waals surface area contributed by atoms with Crippen molar-refractivity contribution >= 4 is 33.3 Å². The summed E-state index contributed by atoms with van der Waals surface area (Å²) in [5, 5.41) is 2.66. The Kier molecular flexibility index (Phi) is 8.32. The zero-order valence-electron chi connectivity index (χ0n) is 19.6. The lowest BCUT2D eigenvalue weighted by atomic mass is 10.2. The van der Waals surface area contributed by atoms with Gasteiger partial charge < -0.3 is 19.5 Å². The number of esters is 1. The largest absolute Gasteiger partial charge is 0.494 e. The molecule has 0 heterocycles. The van der Waals surface area contributed by atoms with Crippen LogP contribution in [0.1, 0.15) is 17.3 Å². The van der Waals surface area contributed by atoms with Crippen molar-refractivity contribution in [1.29, 1.82) is 0 Å². The summed E-state index contributed by atoms with van der Waals surface area (Å²) in [7, 11) is -1.01. The highest BCUT2D eigenvalue weighted by Crippen LogP contribution is 2.25.